The van der Waals surface area contributed by atoms with E-state index in [0.29, 0.717) is 10.6 Å². The molecule has 0 aliphatic heterocycles. The zero-order chi connectivity index (χ0) is 14.1. The van der Waals surface area contributed by atoms with E-state index in [0.717, 1.165) is 22.5 Å². The Kier molecular flexibility index (Phi) is 3.16. The molecule has 20 heavy (non-hydrogen) atoms. The van der Waals surface area contributed by atoms with Gasteiger partial charge in [-0.05, 0) is 49.4 Å². The first kappa shape index (κ1) is 12.7. The lowest BCUT2D eigenvalue weighted by atomic mass is 10.2. The SMILES string of the molecule is Cc1nc2ccc(NC(=O)c3ccc(Cl)cc3)cc2[nH]1. The van der Waals surface area contributed by atoms with Crippen molar-refractivity contribution in [2.24, 2.45) is 0 Å². The highest BCUT2D eigenvalue weighted by Crippen LogP contribution is 2.18. The Morgan fingerprint density at radius 2 is 1.95 bits per heavy atom. The Bertz CT molecular complexity index is 777. The van der Waals surface area contributed by atoms with Crippen LogP contribution in [0.3, 0.4) is 0 Å². The van der Waals surface area contributed by atoms with Gasteiger partial charge in [0.2, 0.25) is 0 Å². The normalized spacial score (nSPS) is 10.7. The number of amides is 1. The van der Waals surface area contributed by atoms with Gasteiger partial charge < -0.3 is 10.3 Å². The van der Waals surface area contributed by atoms with Crippen molar-refractivity contribution in [2.75, 3.05) is 5.32 Å². The van der Waals surface area contributed by atoms with Crippen LogP contribution in [0.5, 0.6) is 0 Å². The number of halogens is 1. The fourth-order valence-corrected chi connectivity index (χ4v) is 2.15. The lowest BCUT2D eigenvalue weighted by molar-refractivity contribution is 0.102. The van der Waals surface area contributed by atoms with Crippen LogP contribution in [0.1, 0.15) is 16.2 Å². The number of benzene rings is 2. The molecule has 0 saturated carbocycles. The third kappa shape index (κ3) is 2.51. The van der Waals surface area contributed by atoms with Crippen LogP contribution >= 0.6 is 11.6 Å². The maximum Gasteiger partial charge on any atom is 0.255 e. The Hall–Kier alpha value is -2.33. The van der Waals surface area contributed by atoms with Crippen LogP contribution in [-0.4, -0.2) is 15.9 Å². The molecular weight excluding hydrogens is 274 g/mol. The van der Waals surface area contributed by atoms with E-state index in [9.17, 15) is 4.79 Å². The Morgan fingerprint density at radius 3 is 2.70 bits per heavy atom. The van der Waals surface area contributed by atoms with Crippen molar-refractivity contribution in [3.8, 4) is 0 Å². The summed E-state index contributed by atoms with van der Waals surface area (Å²) in [5.41, 5.74) is 3.07. The Labute approximate surface area is 120 Å². The maximum absolute atomic E-state index is 12.1. The number of nitrogens with one attached hydrogen (secondary N) is 2. The van der Waals surface area contributed by atoms with Gasteiger partial charge in [0.25, 0.3) is 5.91 Å². The molecule has 0 aliphatic rings. The Morgan fingerprint density at radius 1 is 1.20 bits per heavy atom. The standard InChI is InChI=1S/C15H12ClN3O/c1-9-17-13-7-6-12(8-14(13)18-9)19-15(20)10-2-4-11(16)5-3-10/h2-8H,1H3,(H,17,18)(H,19,20). The van der Waals surface area contributed by atoms with E-state index in [1.165, 1.54) is 0 Å². The van der Waals surface area contributed by atoms with Gasteiger partial charge in [-0.1, -0.05) is 11.6 Å². The average Bonchev–Trinajstić information content (AvgIpc) is 2.78. The number of hydrogen-bond donors (Lipinski definition) is 2. The summed E-state index contributed by atoms with van der Waals surface area (Å²) in [4.78, 5) is 19.5. The van der Waals surface area contributed by atoms with Crippen molar-refractivity contribution in [2.45, 2.75) is 6.92 Å². The number of aryl methyl sites for hydroxylation is 1. The van der Waals surface area contributed by atoms with Crippen LogP contribution in [0.2, 0.25) is 5.02 Å². The van der Waals surface area contributed by atoms with Crippen molar-refractivity contribution in [1.29, 1.82) is 0 Å². The number of imidazole rings is 1. The number of anilines is 1. The lowest BCUT2D eigenvalue weighted by Crippen LogP contribution is -2.11. The van der Waals surface area contributed by atoms with Crippen LogP contribution in [0, 0.1) is 6.92 Å². The summed E-state index contributed by atoms with van der Waals surface area (Å²) in [6.45, 7) is 1.89. The van der Waals surface area contributed by atoms with E-state index < -0.39 is 0 Å². The van der Waals surface area contributed by atoms with Crippen molar-refractivity contribution in [3.63, 3.8) is 0 Å². The zero-order valence-corrected chi connectivity index (χ0v) is 11.5. The van der Waals surface area contributed by atoms with Gasteiger partial charge in [-0.15, -0.1) is 0 Å². The molecule has 1 aromatic heterocycles. The molecule has 0 fully saturated rings. The molecule has 0 atom stereocenters. The van der Waals surface area contributed by atoms with E-state index in [1.807, 2.05) is 25.1 Å². The summed E-state index contributed by atoms with van der Waals surface area (Å²) in [6, 6.07) is 12.3. The van der Waals surface area contributed by atoms with Gasteiger partial charge in [-0.2, -0.15) is 0 Å². The zero-order valence-electron chi connectivity index (χ0n) is 10.8. The van der Waals surface area contributed by atoms with Gasteiger partial charge in [0, 0.05) is 16.3 Å². The lowest BCUT2D eigenvalue weighted by Gasteiger charge is -2.05. The molecule has 0 spiro atoms. The molecule has 2 aromatic carbocycles. The van der Waals surface area contributed by atoms with Crippen molar-refractivity contribution < 1.29 is 4.79 Å². The molecule has 0 radical (unpaired) electrons. The first-order valence-electron chi connectivity index (χ1n) is 6.15. The van der Waals surface area contributed by atoms with Crippen LogP contribution in [0.25, 0.3) is 11.0 Å². The molecule has 3 rings (SSSR count). The van der Waals surface area contributed by atoms with E-state index >= 15 is 0 Å². The fourth-order valence-electron chi connectivity index (χ4n) is 2.02. The minimum Gasteiger partial charge on any atom is -0.342 e. The van der Waals surface area contributed by atoms with Gasteiger partial charge in [0.05, 0.1) is 11.0 Å². The monoisotopic (exact) mass is 285 g/mol. The minimum absolute atomic E-state index is 0.169. The van der Waals surface area contributed by atoms with Crippen LogP contribution in [0.4, 0.5) is 5.69 Å². The second kappa shape index (κ2) is 4.98. The van der Waals surface area contributed by atoms with Gasteiger partial charge in [-0.25, -0.2) is 4.98 Å². The highest BCUT2D eigenvalue weighted by atomic mass is 35.5. The van der Waals surface area contributed by atoms with Gasteiger partial charge >= 0.3 is 0 Å². The largest absolute Gasteiger partial charge is 0.342 e. The first-order valence-corrected chi connectivity index (χ1v) is 6.53. The molecule has 2 N–H and O–H groups in total. The highest BCUT2D eigenvalue weighted by Gasteiger charge is 2.07. The molecule has 0 unspecified atom stereocenters. The van der Waals surface area contributed by atoms with Crippen LogP contribution < -0.4 is 5.32 Å². The quantitative estimate of drug-likeness (QED) is 0.753. The molecule has 4 nitrogen and oxygen atoms in total. The number of carbonyl (C=O) groups excluding carboxylic acids is 1. The fraction of sp³-hybridized carbons (Fsp3) is 0.0667. The van der Waals surface area contributed by atoms with Crippen LogP contribution in [0.15, 0.2) is 42.5 Å². The minimum atomic E-state index is -0.169. The smallest absolute Gasteiger partial charge is 0.255 e. The number of aromatic nitrogens is 2. The average molecular weight is 286 g/mol. The molecule has 0 bridgehead atoms. The Balaban J connectivity index is 1.84. The predicted molar refractivity (Wildman–Crippen MR) is 80.2 cm³/mol. The van der Waals surface area contributed by atoms with E-state index in [1.54, 1.807) is 24.3 Å². The maximum atomic E-state index is 12.1. The summed E-state index contributed by atoms with van der Waals surface area (Å²) in [5.74, 6) is 0.679. The van der Waals surface area contributed by atoms with Gasteiger partial charge in [0.1, 0.15) is 5.82 Å². The number of fused-ring (bicyclic) bond motifs is 1. The third-order valence-electron chi connectivity index (χ3n) is 2.96. The molecule has 5 heteroatoms. The number of carbonyl (C=O) groups is 1. The van der Waals surface area contributed by atoms with E-state index in [-0.39, 0.29) is 5.91 Å². The van der Waals surface area contributed by atoms with Crippen molar-refractivity contribution in [1.82, 2.24) is 9.97 Å². The molecular formula is C15H12ClN3O. The number of rotatable bonds is 2. The summed E-state index contributed by atoms with van der Waals surface area (Å²) in [5, 5.41) is 3.46. The second-order valence-corrected chi connectivity index (χ2v) is 4.95. The third-order valence-corrected chi connectivity index (χ3v) is 3.22. The topological polar surface area (TPSA) is 57.8 Å². The predicted octanol–water partition coefficient (Wildman–Crippen LogP) is 3.78. The number of hydrogen-bond acceptors (Lipinski definition) is 2. The van der Waals surface area contributed by atoms with Crippen molar-refractivity contribution >= 4 is 34.2 Å². The first-order chi connectivity index (χ1) is 9.61. The van der Waals surface area contributed by atoms with E-state index in [4.69, 9.17) is 11.6 Å². The van der Waals surface area contributed by atoms with Crippen LogP contribution in [-0.2, 0) is 0 Å². The number of H-pyrrole nitrogens is 1. The summed E-state index contributed by atoms with van der Waals surface area (Å²) < 4.78 is 0. The molecule has 0 aliphatic carbocycles. The van der Waals surface area contributed by atoms with Gasteiger partial charge in [-0.3, -0.25) is 4.79 Å². The number of aromatic amines is 1. The molecule has 100 valence electrons. The molecule has 3 aromatic rings. The van der Waals surface area contributed by atoms with Gasteiger partial charge in [0.15, 0.2) is 0 Å². The van der Waals surface area contributed by atoms with Crippen molar-refractivity contribution in [3.05, 3.63) is 58.9 Å². The summed E-state index contributed by atoms with van der Waals surface area (Å²) >= 11 is 5.80. The molecule has 1 heterocycles. The van der Waals surface area contributed by atoms with E-state index in [2.05, 4.69) is 15.3 Å². The number of nitrogens with zero attached hydrogens (tertiary/aromatic N) is 1. The molecule has 0 saturated heterocycles. The highest BCUT2D eigenvalue weighted by molar-refractivity contribution is 6.30. The second-order valence-electron chi connectivity index (χ2n) is 4.52. The molecule has 1 amide bonds. The summed E-state index contributed by atoms with van der Waals surface area (Å²) in [7, 11) is 0. The summed E-state index contributed by atoms with van der Waals surface area (Å²) in [6.07, 6.45) is 0.